The normalized spacial score (nSPS) is 10.7. The lowest BCUT2D eigenvalue weighted by molar-refractivity contribution is 0.0602. The van der Waals surface area contributed by atoms with Gasteiger partial charge in [-0.15, -0.1) is 11.3 Å². The van der Waals surface area contributed by atoms with Gasteiger partial charge >= 0.3 is 5.97 Å². The average Bonchev–Trinajstić information content (AvgIpc) is 2.98. The number of anilines is 2. The van der Waals surface area contributed by atoms with Crippen molar-refractivity contribution in [2.24, 2.45) is 0 Å². The lowest BCUT2D eigenvalue weighted by atomic mass is 10.1. The molecule has 0 fully saturated rings. The maximum atomic E-state index is 14.1. The molecule has 0 atom stereocenters. The fourth-order valence-electron chi connectivity index (χ4n) is 2.06. The highest BCUT2D eigenvalue weighted by Gasteiger charge is 2.17. The van der Waals surface area contributed by atoms with E-state index in [1.54, 1.807) is 29.8 Å². The van der Waals surface area contributed by atoms with Gasteiger partial charge in [0, 0.05) is 3.57 Å². The number of thiazole rings is 1. The van der Waals surface area contributed by atoms with Crippen LogP contribution in [0, 0.1) is 9.39 Å². The number of nitrogens with one attached hydrogen (secondary N) is 1. The predicted octanol–water partition coefficient (Wildman–Crippen LogP) is 4.57. The SMILES string of the molecule is COC(=O)c1ccc2ncsc2c1Nc1ccc(I)cc1F. The highest BCUT2D eigenvalue weighted by atomic mass is 127. The van der Waals surface area contributed by atoms with Crippen LogP contribution in [0.3, 0.4) is 0 Å². The van der Waals surface area contributed by atoms with Gasteiger partial charge in [-0.3, -0.25) is 0 Å². The van der Waals surface area contributed by atoms with Crippen molar-refractivity contribution in [3.8, 4) is 0 Å². The summed E-state index contributed by atoms with van der Waals surface area (Å²) >= 11 is 3.42. The van der Waals surface area contributed by atoms with Crippen LogP contribution in [0.1, 0.15) is 10.4 Å². The van der Waals surface area contributed by atoms with E-state index in [4.69, 9.17) is 4.74 Å². The van der Waals surface area contributed by atoms with Crippen LogP contribution in [0.5, 0.6) is 0 Å². The molecule has 0 aliphatic rings. The lowest BCUT2D eigenvalue weighted by Crippen LogP contribution is -2.06. The fourth-order valence-corrected chi connectivity index (χ4v) is 3.30. The zero-order valence-electron chi connectivity index (χ0n) is 11.4. The van der Waals surface area contributed by atoms with E-state index in [0.717, 1.165) is 13.8 Å². The molecule has 0 saturated carbocycles. The van der Waals surface area contributed by atoms with Gasteiger partial charge in [0.25, 0.3) is 0 Å². The molecule has 3 aromatic rings. The Morgan fingerprint density at radius 1 is 1.36 bits per heavy atom. The van der Waals surface area contributed by atoms with Gasteiger partial charge in [-0.2, -0.15) is 0 Å². The molecule has 4 nitrogen and oxygen atoms in total. The molecule has 2 aromatic carbocycles. The molecule has 22 heavy (non-hydrogen) atoms. The van der Waals surface area contributed by atoms with Gasteiger partial charge in [0.1, 0.15) is 5.82 Å². The first-order valence-corrected chi connectivity index (χ1v) is 8.22. The number of nitrogens with zero attached hydrogens (tertiary/aromatic N) is 1. The van der Waals surface area contributed by atoms with Gasteiger partial charge < -0.3 is 10.1 Å². The molecular formula is C15H10FIN2O2S. The molecule has 0 spiro atoms. The third-order valence-electron chi connectivity index (χ3n) is 3.10. The topological polar surface area (TPSA) is 51.2 Å². The van der Waals surface area contributed by atoms with Crippen LogP contribution < -0.4 is 5.32 Å². The summed E-state index contributed by atoms with van der Waals surface area (Å²) in [5.41, 5.74) is 3.57. The molecule has 0 saturated heterocycles. The largest absolute Gasteiger partial charge is 0.465 e. The third kappa shape index (κ3) is 2.78. The van der Waals surface area contributed by atoms with E-state index in [2.05, 4.69) is 10.3 Å². The number of fused-ring (bicyclic) bond motifs is 1. The van der Waals surface area contributed by atoms with Crippen LogP contribution in [-0.4, -0.2) is 18.1 Å². The van der Waals surface area contributed by atoms with E-state index >= 15 is 0 Å². The van der Waals surface area contributed by atoms with Crippen molar-refractivity contribution < 1.29 is 13.9 Å². The number of methoxy groups -OCH3 is 1. The molecule has 1 heterocycles. The molecule has 1 aromatic heterocycles. The first-order valence-electron chi connectivity index (χ1n) is 6.26. The van der Waals surface area contributed by atoms with Crippen LogP contribution in [0.25, 0.3) is 10.2 Å². The van der Waals surface area contributed by atoms with Gasteiger partial charge in [0.15, 0.2) is 0 Å². The zero-order valence-corrected chi connectivity index (χ0v) is 14.4. The molecule has 0 bridgehead atoms. The minimum absolute atomic E-state index is 0.298. The molecule has 0 amide bonds. The third-order valence-corrected chi connectivity index (χ3v) is 4.63. The quantitative estimate of drug-likeness (QED) is 0.491. The van der Waals surface area contributed by atoms with E-state index in [1.807, 2.05) is 22.6 Å². The fraction of sp³-hybridized carbons (Fsp3) is 0.0667. The molecule has 112 valence electrons. The van der Waals surface area contributed by atoms with Crippen molar-refractivity contribution in [1.82, 2.24) is 4.98 Å². The summed E-state index contributed by atoms with van der Waals surface area (Å²) in [5, 5.41) is 3.00. The molecule has 3 rings (SSSR count). The van der Waals surface area contributed by atoms with Crippen molar-refractivity contribution in [3.05, 3.63) is 50.8 Å². The molecule has 0 unspecified atom stereocenters. The summed E-state index contributed by atoms with van der Waals surface area (Å²) in [4.78, 5) is 16.2. The van der Waals surface area contributed by atoms with Crippen LogP contribution in [0.2, 0.25) is 0 Å². The lowest BCUT2D eigenvalue weighted by Gasteiger charge is -2.12. The summed E-state index contributed by atoms with van der Waals surface area (Å²) in [6.45, 7) is 0. The molecule has 7 heteroatoms. The molecule has 0 aliphatic carbocycles. The number of benzene rings is 2. The maximum Gasteiger partial charge on any atom is 0.340 e. The van der Waals surface area contributed by atoms with Crippen molar-refractivity contribution in [1.29, 1.82) is 0 Å². The summed E-state index contributed by atoms with van der Waals surface area (Å²) in [6, 6.07) is 8.22. The smallest absolute Gasteiger partial charge is 0.340 e. The van der Waals surface area contributed by atoms with Crippen molar-refractivity contribution in [2.75, 3.05) is 12.4 Å². The molecule has 1 N–H and O–H groups in total. The molecular weight excluding hydrogens is 418 g/mol. The first kappa shape index (κ1) is 15.2. The Labute approximate surface area is 143 Å². The van der Waals surface area contributed by atoms with Gasteiger partial charge in [0.2, 0.25) is 0 Å². The Morgan fingerprint density at radius 3 is 2.91 bits per heavy atom. The van der Waals surface area contributed by atoms with Crippen molar-refractivity contribution in [2.45, 2.75) is 0 Å². The number of rotatable bonds is 3. The maximum absolute atomic E-state index is 14.1. The number of carbonyl (C=O) groups is 1. The van der Waals surface area contributed by atoms with E-state index in [9.17, 15) is 9.18 Å². The minimum atomic E-state index is -0.483. The Morgan fingerprint density at radius 2 is 2.18 bits per heavy atom. The number of carbonyl (C=O) groups excluding carboxylic acids is 1. The van der Waals surface area contributed by atoms with Crippen LogP contribution in [-0.2, 0) is 4.74 Å². The molecule has 0 aliphatic heterocycles. The summed E-state index contributed by atoms with van der Waals surface area (Å²) in [6.07, 6.45) is 0. The van der Waals surface area contributed by atoms with Crippen molar-refractivity contribution in [3.63, 3.8) is 0 Å². The Hall–Kier alpha value is -1.74. The standard InChI is InChI=1S/C15H10FIN2O2S/c1-21-15(20)9-3-5-12-14(22-7-18-12)13(9)19-11-4-2-8(17)6-10(11)16/h2-7,19H,1H3. The number of esters is 1. The Bertz CT molecular complexity index is 866. The second-order valence-electron chi connectivity index (χ2n) is 4.43. The average molecular weight is 428 g/mol. The minimum Gasteiger partial charge on any atom is -0.465 e. The van der Waals surface area contributed by atoms with Crippen LogP contribution in [0.15, 0.2) is 35.8 Å². The van der Waals surface area contributed by atoms with E-state index in [1.165, 1.54) is 24.5 Å². The molecule has 0 radical (unpaired) electrons. The summed E-state index contributed by atoms with van der Waals surface area (Å²) < 4.78 is 20.5. The summed E-state index contributed by atoms with van der Waals surface area (Å²) in [7, 11) is 1.31. The van der Waals surface area contributed by atoms with Gasteiger partial charge in [-0.05, 0) is 52.9 Å². The second-order valence-corrected chi connectivity index (χ2v) is 6.53. The highest BCUT2D eigenvalue weighted by Crippen LogP contribution is 2.34. The van der Waals surface area contributed by atoms with Crippen LogP contribution in [0.4, 0.5) is 15.8 Å². The highest BCUT2D eigenvalue weighted by molar-refractivity contribution is 14.1. The second kappa shape index (κ2) is 6.17. The Kier molecular flexibility index (Phi) is 4.25. The van der Waals surface area contributed by atoms with E-state index in [0.29, 0.717) is 16.9 Å². The number of hydrogen-bond donors (Lipinski definition) is 1. The van der Waals surface area contributed by atoms with Gasteiger partial charge in [-0.1, -0.05) is 0 Å². The van der Waals surface area contributed by atoms with E-state index < -0.39 is 5.97 Å². The number of hydrogen-bond acceptors (Lipinski definition) is 5. The monoisotopic (exact) mass is 428 g/mol. The first-order chi connectivity index (χ1) is 10.6. The predicted molar refractivity (Wildman–Crippen MR) is 93.4 cm³/mol. The van der Waals surface area contributed by atoms with E-state index in [-0.39, 0.29) is 5.82 Å². The van der Waals surface area contributed by atoms with Crippen LogP contribution >= 0.6 is 33.9 Å². The number of ether oxygens (including phenoxy) is 1. The Balaban J connectivity index is 2.15. The number of aromatic nitrogens is 1. The number of halogens is 2. The van der Waals surface area contributed by atoms with Gasteiger partial charge in [-0.25, -0.2) is 14.2 Å². The zero-order chi connectivity index (χ0) is 15.7. The van der Waals surface area contributed by atoms with Crippen molar-refractivity contribution >= 4 is 61.5 Å². The van der Waals surface area contributed by atoms with Gasteiger partial charge in [0.05, 0.1) is 39.8 Å². The summed E-state index contributed by atoms with van der Waals surface area (Å²) in [5.74, 6) is -0.868.